The molecule has 0 radical (unpaired) electrons. The van der Waals surface area contributed by atoms with E-state index in [0.717, 1.165) is 0 Å². The fraction of sp³-hybridized carbons (Fsp3) is 0.200. The molecule has 7 heteroatoms. The van der Waals surface area contributed by atoms with Crippen molar-refractivity contribution in [1.29, 1.82) is 0 Å². The Morgan fingerprint density at radius 3 is 2.77 bits per heavy atom. The number of aliphatic hydroxyl groups excluding tert-OH is 1. The second kappa shape index (κ2) is 6.72. The highest BCUT2D eigenvalue weighted by Gasteiger charge is 2.20. The normalized spacial score (nSPS) is 12.0. The number of benzene rings is 1. The summed E-state index contributed by atoms with van der Waals surface area (Å²) in [5.74, 6) is -1.23. The average molecular weight is 325 g/mol. The van der Waals surface area contributed by atoms with E-state index in [1.165, 1.54) is 30.3 Å². The van der Waals surface area contributed by atoms with Gasteiger partial charge in [-0.05, 0) is 19.1 Å². The first-order chi connectivity index (χ1) is 10.4. The van der Waals surface area contributed by atoms with Gasteiger partial charge in [0, 0.05) is 17.3 Å². The van der Waals surface area contributed by atoms with Crippen LogP contribution >= 0.6 is 11.6 Å². The lowest BCUT2D eigenvalue weighted by Crippen LogP contribution is -2.32. The topological polar surface area (TPSA) is 82.2 Å². The lowest BCUT2D eigenvalue weighted by Gasteiger charge is -2.18. The number of aromatic nitrogens is 1. The number of aryl methyl sites for hydroxylation is 1. The van der Waals surface area contributed by atoms with Crippen LogP contribution in [0.3, 0.4) is 0 Å². The van der Waals surface area contributed by atoms with Gasteiger partial charge in [-0.3, -0.25) is 9.59 Å². The number of carbonyl (C=O) groups excluding carboxylic acids is 1. The predicted molar refractivity (Wildman–Crippen MR) is 80.5 cm³/mol. The molecule has 0 saturated carbocycles. The summed E-state index contributed by atoms with van der Waals surface area (Å²) in [6.45, 7) is 1.08. The van der Waals surface area contributed by atoms with E-state index in [0.29, 0.717) is 5.69 Å². The molecule has 0 aliphatic heterocycles. The van der Waals surface area contributed by atoms with E-state index in [-0.39, 0.29) is 21.7 Å². The number of hydrogen-bond donors (Lipinski definition) is 3. The maximum absolute atomic E-state index is 14.0. The van der Waals surface area contributed by atoms with Gasteiger partial charge >= 0.3 is 0 Å². The van der Waals surface area contributed by atoms with Gasteiger partial charge in [-0.1, -0.05) is 23.7 Å². The maximum Gasteiger partial charge on any atom is 0.253 e. The number of rotatable bonds is 4. The third-order valence-corrected chi connectivity index (χ3v) is 3.50. The third kappa shape index (κ3) is 3.35. The highest BCUT2D eigenvalue weighted by atomic mass is 35.5. The molecule has 1 atom stereocenters. The molecule has 0 aliphatic rings. The van der Waals surface area contributed by atoms with Crippen molar-refractivity contribution in [1.82, 2.24) is 10.3 Å². The largest absolute Gasteiger partial charge is 0.394 e. The zero-order valence-corrected chi connectivity index (χ0v) is 12.4. The highest BCUT2D eigenvalue weighted by molar-refractivity contribution is 6.30. The van der Waals surface area contributed by atoms with Gasteiger partial charge in [0.15, 0.2) is 0 Å². The average Bonchev–Trinajstić information content (AvgIpc) is 2.47. The number of pyridine rings is 1. The first-order valence-corrected chi connectivity index (χ1v) is 6.87. The van der Waals surface area contributed by atoms with Crippen LogP contribution in [0.5, 0.6) is 0 Å². The van der Waals surface area contributed by atoms with E-state index < -0.39 is 24.4 Å². The molecule has 5 nitrogen and oxygen atoms in total. The molecule has 22 heavy (non-hydrogen) atoms. The van der Waals surface area contributed by atoms with E-state index in [4.69, 9.17) is 11.6 Å². The van der Waals surface area contributed by atoms with Gasteiger partial charge in [-0.2, -0.15) is 0 Å². The van der Waals surface area contributed by atoms with Crippen molar-refractivity contribution in [3.05, 3.63) is 68.3 Å². The van der Waals surface area contributed by atoms with Crippen LogP contribution in [0.2, 0.25) is 5.02 Å². The molecular formula is C15H14ClFN2O3. The van der Waals surface area contributed by atoms with Gasteiger partial charge in [0.1, 0.15) is 5.82 Å². The monoisotopic (exact) mass is 324 g/mol. The van der Waals surface area contributed by atoms with Crippen LogP contribution in [-0.4, -0.2) is 22.6 Å². The van der Waals surface area contributed by atoms with E-state index in [1.807, 2.05) is 0 Å². The Bertz CT molecular complexity index is 761. The molecular weight excluding hydrogens is 311 g/mol. The molecule has 0 spiro atoms. The molecule has 116 valence electrons. The molecule has 2 rings (SSSR count). The number of halogens is 2. The summed E-state index contributed by atoms with van der Waals surface area (Å²) in [6, 6.07) is 5.98. The Morgan fingerprint density at radius 2 is 2.14 bits per heavy atom. The number of amides is 1. The van der Waals surface area contributed by atoms with Gasteiger partial charge in [0.25, 0.3) is 5.91 Å². The van der Waals surface area contributed by atoms with Crippen LogP contribution in [-0.2, 0) is 0 Å². The Balaban J connectivity index is 2.28. The summed E-state index contributed by atoms with van der Waals surface area (Å²) in [7, 11) is 0. The molecule has 0 aliphatic carbocycles. The van der Waals surface area contributed by atoms with E-state index in [1.54, 1.807) is 6.92 Å². The minimum Gasteiger partial charge on any atom is -0.394 e. The predicted octanol–water partition coefficient (Wildman–Crippen LogP) is 1.94. The van der Waals surface area contributed by atoms with Crippen molar-refractivity contribution in [3.8, 4) is 0 Å². The number of aliphatic hydroxyl groups is 1. The summed E-state index contributed by atoms with van der Waals surface area (Å²) in [4.78, 5) is 25.9. The molecule has 1 unspecified atom stereocenters. The van der Waals surface area contributed by atoms with Crippen LogP contribution < -0.4 is 10.9 Å². The van der Waals surface area contributed by atoms with Crippen LogP contribution in [0.25, 0.3) is 0 Å². The van der Waals surface area contributed by atoms with Gasteiger partial charge in [-0.15, -0.1) is 0 Å². The lowest BCUT2D eigenvalue weighted by molar-refractivity contribution is 0.0914. The second-order valence-electron chi connectivity index (χ2n) is 4.71. The first-order valence-electron chi connectivity index (χ1n) is 6.49. The lowest BCUT2D eigenvalue weighted by atomic mass is 10.1. The molecule has 0 fully saturated rings. The molecule has 1 aromatic heterocycles. The Labute approximate surface area is 130 Å². The maximum atomic E-state index is 14.0. The van der Waals surface area contributed by atoms with Crippen molar-refractivity contribution in [3.63, 3.8) is 0 Å². The van der Waals surface area contributed by atoms with Crippen molar-refractivity contribution >= 4 is 17.5 Å². The fourth-order valence-corrected chi connectivity index (χ4v) is 2.25. The SMILES string of the molecule is Cc1[nH]c(=O)ccc1C(=O)NC(CO)c1cccc(Cl)c1F. The van der Waals surface area contributed by atoms with Crippen LogP contribution in [0.1, 0.15) is 27.7 Å². The van der Waals surface area contributed by atoms with E-state index >= 15 is 0 Å². The van der Waals surface area contributed by atoms with Gasteiger partial charge < -0.3 is 15.4 Å². The summed E-state index contributed by atoms with van der Waals surface area (Å²) < 4.78 is 14.0. The molecule has 1 heterocycles. The molecule has 1 amide bonds. The summed E-state index contributed by atoms with van der Waals surface area (Å²) >= 11 is 5.70. The summed E-state index contributed by atoms with van der Waals surface area (Å²) in [5, 5.41) is 11.8. The number of aromatic amines is 1. The molecule has 0 bridgehead atoms. The number of nitrogens with one attached hydrogen (secondary N) is 2. The molecule has 3 N–H and O–H groups in total. The summed E-state index contributed by atoms with van der Waals surface area (Å²) in [6.07, 6.45) is 0. The zero-order valence-electron chi connectivity index (χ0n) is 11.7. The van der Waals surface area contributed by atoms with E-state index in [9.17, 15) is 19.1 Å². The standard InChI is InChI=1S/C15H14ClFN2O3/c1-8-9(5-6-13(21)18-8)15(22)19-12(7-20)10-3-2-4-11(16)14(10)17/h2-6,12,20H,7H2,1H3,(H,18,21)(H,19,22). The van der Waals surface area contributed by atoms with Gasteiger partial charge in [0.05, 0.1) is 23.2 Å². The van der Waals surface area contributed by atoms with Crippen LogP contribution in [0, 0.1) is 12.7 Å². The Hall–Kier alpha value is -2.18. The van der Waals surface area contributed by atoms with Crippen molar-refractivity contribution in [2.24, 2.45) is 0 Å². The van der Waals surface area contributed by atoms with Crippen molar-refractivity contribution in [2.75, 3.05) is 6.61 Å². The van der Waals surface area contributed by atoms with Crippen LogP contribution in [0.4, 0.5) is 4.39 Å². The smallest absolute Gasteiger partial charge is 0.253 e. The third-order valence-electron chi connectivity index (χ3n) is 3.21. The Morgan fingerprint density at radius 1 is 1.41 bits per heavy atom. The van der Waals surface area contributed by atoms with Crippen molar-refractivity contribution < 1.29 is 14.3 Å². The minimum absolute atomic E-state index is 0.0884. The quantitative estimate of drug-likeness (QED) is 0.804. The number of hydrogen-bond acceptors (Lipinski definition) is 3. The number of carbonyl (C=O) groups is 1. The van der Waals surface area contributed by atoms with Gasteiger partial charge in [-0.25, -0.2) is 4.39 Å². The molecule has 0 saturated heterocycles. The van der Waals surface area contributed by atoms with E-state index in [2.05, 4.69) is 10.3 Å². The Kier molecular flexibility index (Phi) is 4.95. The zero-order chi connectivity index (χ0) is 16.3. The second-order valence-corrected chi connectivity index (χ2v) is 5.12. The minimum atomic E-state index is -0.947. The molecule has 1 aromatic carbocycles. The van der Waals surface area contributed by atoms with Crippen molar-refractivity contribution in [2.45, 2.75) is 13.0 Å². The van der Waals surface area contributed by atoms with Crippen LogP contribution in [0.15, 0.2) is 35.1 Å². The summed E-state index contributed by atoms with van der Waals surface area (Å²) in [5.41, 5.74) is 0.382. The first kappa shape index (κ1) is 16.2. The fourth-order valence-electron chi connectivity index (χ4n) is 2.07. The van der Waals surface area contributed by atoms with Gasteiger partial charge in [0.2, 0.25) is 5.56 Å². The highest BCUT2D eigenvalue weighted by Crippen LogP contribution is 2.23. The molecule has 2 aromatic rings. The number of H-pyrrole nitrogens is 1.